The first-order valence-corrected chi connectivity index (χ1v) is 14.2. The molecule has 0 spiro atoms. The highest BCUT2D eigenvalue weighted by Crippen LogP contribution is 2.32. The first kappa shape index (κ1) is 37.5. The Labute approximate surface area is 259 Å². The highest BCUT2D eigenvalue weighted by Gasteiger charge is 2.54. The predicted molar refractivity (Wildman–Crippen MR) is 136 cm³/mol. The Hall–Kier alpha value is -1.33. The van der Waals surface area contributed by atoms with Gasteiger partial charge < -0.3 is 105 Å². The van der Waals surface area contributed by atoms with E-state index in [1.54, 1.807) is 0 Å². The Bertz CT molecular complexity index is 995. The summed E-state index contributed by atoms with van der Waals surface area (Å²) in [6.45, 7) is -2.42. The zero-order valence-electron chi connectivity index (χ0n) is 23.8. The fraction of sp³-hybridized carbons (Fsp3) is 0.958. The van der Waals surface area contributed by atoms with Crippen LogP contribution >= 0.6 is 0 Å². The van der Waals surface area contributed by atoms with Crippen molar-refractivity contribution in [2.24, 2.45) is 5.73 Å². The quantitative estimate of drug-likeness (QED) is 0.102. The van der Waals surface area contributed by atoms with Crippen LogP contribution in [0.15, 0.2) is 0 Å². The molecule has 0 aliphatic carbocycles. The number of ether oxygens (including phenoxy) is 7. The Morgan fingerprint density at radius 2 is 1.07 bits per heavy atom. The van der Waals surface area contributed by atoms with Crippen LogP contribution in [-0.2, 0) is 38.0 Å². The minimum absolute atomic E-state index is 0.765. The van der Waals surface area contributed by atoms with Gasteiger partial charge in [0, 0.05) is 0 Å². The molecule has 0 radical (unpaired) electrons. The van der Waals surface area contributed by atoms with Gasteiger partial charge in [-0.25, -0.2) is 4.79 Å². The first-order valence-electron chi connectivity index (χ1n) is 14.2. The second kappa shape index (κ2) is 15.5. The van der Waals surface area contributed by atoms with Gasteiger partial charge in [-0.1, -0.05) is 0 Å². The molecule has 20 atom stereocenters. The standard InChI is InChI=1S/C24H41NO21/c25-7-11(31)10(30)6(43-22(7)45-17-14(34)15(35)21(39)44-19(17)20(37)38)3-40-24-18(13(33)9(29)5(2-27)42-24)46-23-16(36)12(32)8(28)4(1-26)41-23/h4-19,21-24,26-36,39H,1-3,25H2,(H,37,38)/t4-,5-,6-,7-,8-,9+,10-,11-,12+,13+,14-,15-,16+,17+,18-,19+,21-,22-,23-,24+/m1/s1. The number of carboxylic acid groups (broad SMARTS) is 1. The summed E-state index contributed by atoms with van der Waals surface area (Å²) in [7, 11) is 0. The maximum Gasteiger partial charge on any atom is 0.335 e. The summed E-state index contributed by atoms with van der Waals surface area (Å²) in [5.41, 5.74) is 5.90. The van der Waals surface area contributed by atoms with Gasteiger partial charge in [-0.3, -0.25) is 0 Å². The molecule has 4 fully saturated rings. The van der Waals surface area contributed by atoms with Crippen molar-refractivity contribution in [3.63, 3.8) is 0 Å². The van der Waals surface area contributed by atoms with Gasteiger partial charge in [0.2, 0.25) is 0 Å². The summed E-state index contributed by atoms with van der Waals surface area (Å²) in [5.74, 6) is -1.71. The van der Waals surface area contributed by atoms with Crippen LogP contribution in [0.1, 0.15) is 0 Å². The van der Waals surface area contributed by atoms with Crippen LogP contribution in [0, 0.1) is 0 Å². The van der Waals surface area contributed by atoms with Gasteiger partial charge in [0.15, 0.2) is 31.3 Å². The number of aliphatic hydroxyl groups is 12. The molecule has 0 bridgehead atoms. The number of carboxylic acids is 1. The van der Waals surface area contributed by atoms with Crippen molar-refractivity contribution in [2.45, 2.75) is 123 Å². The van der Waals surface area contributed by atoms with Gasteiger partial charge in [0.1, 0.15) is 85.5 Å². The Morgan fingerprint density at radius 1 is 0.565 bits per heavy atom. The third-order valence-electron chi connectivity index (χ3n) is 8.24. The summed E-state index contributed by atoms with van der Waals surface area (Å²) in [6, 6.07) is -1.58. The monoisotopic (exact) mass is 679 g/mol. The molecule has 0 aromatic carbocycles. The van der Waals surface area contributed by atoms with Crippen molar-refractivity contribution in [3.05, 3.63) is 0 Å². The fourth-order valence-electron chi connectivity index (χ4n) is 5.43. The lowest BCUT2D eigenvalue weighted by Crippen LogP contribution is -2.67. The number of hydrogen-bond donors (Lipinski definition) is 14. The SMILES string of the molecule is N[C@H]1[C@@H](O[C@H]2[C@H](O)[C@@H](O)[C@H](O)O[C@@H]2C(=O)O)O[C@H](CO[C@H]2O[C@H](CO)[C@H](O)[C@H](O)[C@H]2O[C@H]2O[C@H](CO)[C@@H](O)[C@H](O)[C@@H]2O)[C@@H](O)[C@@H]1O. The van der Waals surface area contributed by atoms with E-state index in [-0.39, 0.29) is 0 Å². The molecular weight excluding hydrogens is 638 g/mol. The molecule has 0 unspecified atom stereocenters. The normalized spacial score (nSPS) is 51.9. The topological polar surface area (TPSA) is 371 Å². The van der Waals surface area contributed by atoms with Crippen LogP contribution < -0.4 is 5.73 Å². The second-order valence-corrected chi connectivity index (χ2v) is 11.3. The molecule has 15 N–H and O–H groups in total. The molecule has 0 amide bonds. The Kier molecular flexibility index (Phi) is 12.6. The maximum absolute atomic E-state index is 11.7. The molecule has 0 aromatic heterocycles. The van der Waals surface area contributed by atoms with E-state index in [0.29, 0.717) is 0 Å². The van der Waals surface area contributed by atoms with Gasteiger partial charge in [-0.2, -0.15) is 0 Å². The van der Waals surface area contributed by atoms with Gasteiger partial charge in [-0.05, 0) is 0 Å². The fourth-order valence-corrected chi connectivity index (χ4v) is 5.43. The van der Waals surface area contributed by atoms with E-state index in [9.17, 15) is 71.2 Å². The van der Waals surface area contributed by atoms with Crippen molar-refractivity contribution < 1.29 is 104 Å². The van der Waals surface area contributed by atoms with Crippen LogP contribution in [-0.4, -0.2) is 215 Å². The highest BCUT2D eigenvalue weighted by atomic mass is 16.8. The second-order valence-electron chi connectivity index (χ2n) is 11.3. The lowest BCUT2D eigenvalue weighted by Gasteiger charge is -2.47. The largest absolute Gasteiger partial charge is 0.479 e. The lowest BCUT2D eigenvalue weighted by molar-refractivity contribution is -0.373. The van der Waals surface area contributed by atoms with Crippen LogP contribution in [0.2, 0.25) is 0 Å². The average Bonchev–Trinajstić information content (AvgIpc) is 3.03. The molecule has 4 aliphatic rings. The third-order valence-corrected chi connectivity index (χ3v) is 8.24. The van der Waals surface area contributed by atoms with Gasteiger partial charge in [-0.15, -0.1) is 0 Å². The molecule has 4 saturated heterocycles. The number of hydrogen-bond acceptors (Lipinski definition) is 21. The number of rotatable bonds is 10. The molecule has 46 heavy (non-hydrogen) atoms. The van der Waals surface area contributed by atoms with Gasteiger partial charge in [0.05, 0.1) is 25.9 Å². The van der Waals surface area contributed by atoms with Crippen molar-refractivity contribution in [2.75, 3.05) is 19.8 Å². The highest BCUT2D eigenvalue weighted by molar-refractivity contribution is 5.73. The van der Waals surface area contributed by atoms with Crippen LogP contribution in [0.3, 0.4) is 0 Å². The van der Waals surface area contributed by atoms with Crippen LogP contribution in [0.25, 0.3) is 0 Å². The van der Waals surface area contributed by atoms with E-state index in [2.05, 4.69) is 0 Å². The van der Waals surface area contributed by atoms with Crippen molar-refractivity contribution in [3.8, 4) is 0 Å². The van der Waals surface area contributed by atoms with E-state index in [1.807, 2.05) is 0 Å². The van der Waals surface area contributed by atoms with E-state index in [4.69, 9.17) is 38.9 Å². The number of aliphatic hydroxyl groups excluding tert-OH is 12. The Balaban J connectivity index is 1.49. The van der Waals surface area contributed by atoms with E-state index in [1.165, 1.54) is 0 Å². The lowest BCUT2D eigenvalue weighted by atomic mass is 9.96. The van der Waals surface area contributed by atoms with E-state index >= 15 is 0 Å². The zero-order chi connectivity index (χ0) is 34.2. The maximum atomic E-state index is 11.7. The minimum atomic E-state index is -2.09. The van der Waals surface area contributed by atoms with Crippen molar-refractivity contribution in [1.29, 1.82) is 0 Å². The number of carbonyl (C=O) groups is 1. The molecule has 4 rings (SSSR count). The van der Waals surface area contributed by atoms with Crippen LogP contribution in [0.5, 0.6) is 0 Å². The minimum Gasteiger partial charge on any atom is -0.479 e. The molecule has 22 heteroatoms. The first-order chi connectivity index (χ1) is 21.6. The van der Waals surface area contributed by atoms with Gasteiger partial charge in [0.25, 0.3) is 0 Å². The average molecular weight is 680 g/mol. The van der Waals surface area contributed by atoms with Crippen molar-refractivity contribution in [1.82, 2.24) is 0 Å². The summed E-state index contributed by atoms with van der Waals surface area (Å²) >= 11 is 0. The Morgan fingerprint density at radius 3 is 1.65 bits per heavy atom. The van der Waals surface area contributed by atoms with E-state index in [0.717, 1.165) is 0 Å². The smallest absolute Gasteiger partial charge is 0.335 e. The summed E-state index contributed by atoms with van der Waals surface area (Å²) in [5, 5.41) is 131. The number of nitrogens with two attached hydrogens (primary N) is 1. The summed E-state index contributed by atoms with van der Waals surface area (Å²) in [4.78, 5) is 11.7. The summed E-state index contributed by atoms with van der Waals surface area (Å²) < 4.78 is 37.7. The number of aliphatic carboxylic acids is 1. The molecule has 4 heterocycles. The molecule has 0 aromatic rings. The molecule has 268 valence electrons. The molecule has 0 saturated carbocycles. The van der Waals surface area contributed by atoms with Crippen molar-refractivity contribution >= 4 is 5.97 Å². The van der Waals surface area contributed by atoms with Crippen LogP contribution in [0.4, 0.5) is 0 Å². The third kappa shape index (κ3) is 7.46. The van der Waals surface area contributed by atoms with E-state index < -0.39 is 149 Å². The predicted octanol–water partition coefficient (Wildman–Crippen LogP) is -9.69. The summed E-state index contributed by atoms with van der Waals surface area (Å²) in [6.07, 6.45) is -34.7. The molecule has 22 nitrogen and oxygen atoms in total. The molecule has 4 aliphatic heterocycles. The zero-order valence-corrected chi connectivity index (χ0v) is 23.8. The van der Waals surface area contributed by atoms with Gasteiger partial charge >= 0.3 is 5.97 Å². The molecular formula is C24H41NO21.